The Morgan fingerprint density at radius 2 is 2.10 bits per heavy atom. The molecule has 5 heteroatoms. The van der Waals surface area contributed by atoms with E-state index in [-0.39, 0.29) is 12.1 Å². The highest BCUT2D eigenvalue weighted by atomic mass is 35.5. The van der Waals surface area contributed by atoms with E-state index in [1.165, 1.54) is 19.3 Å². The molecule has 116 valence electrons. The highest BCUT2D eigenvalue weighted by Gasteiger charge is 2.40. The Balaban J connectivity index is 1.68. The van der Waals surface area contributed by atoms with Crippen LogP contribution >= 0.6 is 35.0 Å². The van der Waals surface area contributed by atoms with Crippen LogP contribution in [0.4, 0.5) is 0 Å². The Bertz CT molecular complexity index is 509. The maximum absolute atomic E-state index is 9.88. The SMILES string of the molecule is OCC1(NC2CC2)CCCC(Sc2cc(Cl)ccc2Cl)C1. The minimum absolute atomic E-state index is 0.0951. The van der Waals surface area contributed by atoms with Crippen molar-refractivity contribution >= 4 is 35.0 Å². The van der Waals surface area contributed by atoms with Crippen LogP contribution in [0.2, 0.25) is 10.0 Å². The second kappa shape index (κ2) is 6.67. The van der Waals surface area contributed by atoms with Gasteiger partial charge in [-0.25, -0.2) is 0 Å². The monoisotopic (exact) mass is 345 g/mol. The Morgan fingerprint density at radius 3 is 2.81 bits per heavy atom. The Labute approximate surface area is 140 Å². The third-order valence-electron chi connectivity index (χ3n) is 4.38. The molecule has 0 radical (unpaired) electrons. The molecule has 0 bridgehead atoms. The van der Waals surface area contributed by atoms with E-state index in [1.54, 1.807) is 11.8 Å². The number of hydrogen-bond acceptors (Lipinski definition) is 3. The molecule has 2 aliphatic carbocycles. The van der Waals surface area contributed by atoms with Crippen molar-refractivity contribution in [1.29, 1.82) is 0 Å². The first kappa shape index (κ1) is 15.9. The van der Waals surface area contributed by atoms with Crippen LogP contribution in [-0.2, 0) is 0 Å². The lowest BCUT2D eigenvalue weighted by molar-refractivity contribution is 0.122. The molecule has 2 aliphatic rings. The lowest BCUT2D eigenvalue weighted by atomic mass is 9.82. The first-order valence-corrected chi connectivity index (χ1v) is 9.24. The minimum Gasteiger partial charge on any atom is -0.394 e. The molecule has 0 amide bonds. The molecular weight excluding hydrogens is 325 g/mol. The fourth-order valence-electron chi connectivity index (χ4n) is 3.14. The van der Waals surface area contributed by atoms with Gasteiger partial charge in [-0.2, -0.15) is 0 Å². The van der Waals surface area contributed by atoms with Crippen molar-refractivity contribution in [3.63, 3.8) is 0 Å². The van der Waals surface area contributed by atoms with Gasteiger partial charge in [-0.05, 0) is 50.3 Å². The molecule has 1 aromatic rings. The summed E-state index contributed by atoms with van der Waals surface area (Å²) >= 11 is 14.1. The molecule has 2 saturated carbocycles. The number of hydrogen-bond donors (Lipinski definition) is 2. The van der Waals surface area contributed by atoms with Crippen LogP contribution in [0.5, 0.6) is 0 Å². The molecule has 2 N–H and O–H groups in total. The summed E-state index contributed by atoms with van der Waals surface area (Å²) in [5, 5.41) is 15.5. The van der Waals surface area contributed by atoms with E-state index in [9.17, 15) is 5.11 Å². The van der Waals surface area contributed by atoms with Crippen LogP contribution < -0.4 is 5.32 Å². The Morgan fingerprint density at radius 1 is 1.29 bits per heavy atom. The van der Waals surface area contributed by atoms with Gasteiger partial charge in [-0.15, -0.1) is 11.8 Å². The van der Waals surface area contributed by atoms with Gasteiger partial charge in [0.15, 0.2) is 0 Å². The highest BCUT2D eigenvalue weighted by molar-refractivity contribution is 8.00. The number of aliphatic hydroxyl groups excluding tert-OH is 1. The lowest BCUT2D eigenvalue weighted by Gasteiger charge is -2.40. The minimum atomic E-state index is -0.0951. The van der Waals surface area contributed by atoms with Crippen molar-refractivity contribution < 1.29 is 5.11 Å². The second-order valence-corrected chi connectivity index (χ2v) is 8.45. The third kappa shape index (κ3) is 4.08. The molecular formula is C16H21Cl2NOS. The van der Waals surface area contributed by atoms with Gasteiger partial charge in [-0.1, -0.05) is 29.6 Å². The van der Waals surface area contributed by atoms with Crippen LogP contribution in [0, 0.1) is 0 Å². The zero-order valence-electron chi connectivity index (χ0n) is 11.9. The summed E-state index contributed by atoms with van der Waals surface area (Å²) in [4.78, 5) is 1.05. The summed E-state index contributed by atoms with van der Waals surface area (Å²) in [7, 11) is 0. The normalized spacial score (nSPS) is 29.6. The lowest BCUT2D eigenvalue weighted by Crippen LogP contribution is -2.53. The fraction of sp³-hybridized carbons (Fsp3) is 0.625. The molecule has 0 aliphatic heterocycles. The van der Waals surface area contributed by atoms with Crippen molar-refractivity contribution in [2.45, 2.75) is 60.3 Å². The van der Waals surface area contributed by atoms with E-state index in [4.69, 9.17) is 23.2 Å². The van der Waals surface area contributed by atoms with Crippen molar-refractivity contribution in [2.75, 3.05) is 6.61 Å². The van der Waals surface area contributed by atoms with Gasteiger partial charge in [0.2, 0.25) is 0 Å². The molecule has 1 aromatic carbocycles. The summed E-state index contributed by atoms with van der Waals surface area (Å²) in [6.07, 6.45) is 6.88. The Hall–Kier alpha value is 0.0700. The molecule has 3 rings (SSSR count). The summed E-state index contributed by atoms with van der Waals surface area (Å²) < 4.78 is 0. The van der Waals surface area contributed by atoms with Gasteiger partial charge in [0, 0.05) is 26.7 Å². The van der Waals surface area contributed by atoms with Crippen molar-refractivity contribution in [1.82, 2.24) is 5.32 Å². The molecule has 0 aromatic heterocycles. The molecule has 0 saturated heterocycles. The standard InChI is InChI=1S/C16H21Cl2NOS/c17-11-3-6-14(18)15(8-11)21-13-2-1-7-16(9-13,10-20)19-12-4-5-12/h3,6,8,12-13,19-20H,1-2,4-5,7,9-10H2. The topological polar surface area (TPSA) is 32.3 Å². The molecule has 21 heavy (non-hydrogen) atoms. The molecule has 2 nitrogen and oxygen atoms in total. The van der Waals surface area contributed by atoms with Crippen LogP contribution in [0.25, 0.3) is 0 Å². The smallest absolute Gasteiger partial charge is 0.0613 e. The van der Waals surface area contributed by atoms with E-state index in [0.717, 1.165) is 34.2 Å². The van der Waals surface area contributed by atoms with E-state index in [2.05, 4.69) is 5.32 Å². The van der Waals surface area contributed by atoms with Gasteiger partial charge in [0.1, 0.15) is 0 Å². The average Bonchev–Trinajstić information content (AvgIpc) is 3.27. The Kier molecular flexibility index (Phi) is 5.07. The maximum Gasteiger partial charge on any atom is 0.0613 e. The van der Waals surface area contributed by atoms with E-state index >= 15 is 0 Å². The molecule has 2 atom stereocenters. The van der Waals surface area contributed by atoms with Gasteiger partial charge >= 0.3 is 0 Å². The summed E-state index contributed by atoms with van der Waals surface area (Å²) in [6, 6.07) is 6.24. The van der Waals surface area contributed by atoms with Gasteiger partial charge in [-0.3, -0.25) is 0 Å². The second-order valence-electron chi connectivity index (χ2n) is 6.27. The fourth-order valence-corrected chi connectivity index (χ4v) is 5.05. The summed E-state index contributed by atoms with van der Waals surface area (Å²) in [5.41, 5.74) is -0.0951. The van der Waals surface area contributed by atoms with Crippen LogP contribution in [0.3, 0.4) is 0 Å². The van der Waals surface area contributed by atoms with E-state index in [0.29, 0.717) is 11.3 Å². The first-order chi connectivity index (χ1) is 10.1. The zero-order valence-corrected chi connectivity index (χ0v) is 14.3. The number of halogens is 2. The average molecular weight is 346 g/mol. The molecule has 2 unspecified atom stereocenters. The van der Waals surface area contributed by atoms with Crippen molar-refractivity contribution in [3.8, 4) is 0 Å². The van der Waals surface area contributed by atoms with Crippen LogP contribution in [-0.4, -0.2) is 28.5 Å². The molecule has 0 heterocycles. The quantitative estimate of drug-likeness (QED) is 0.823. The van der Waals surface area contributed by atoms with Crippen LogP contribution in [0.15, 0.2) is 23.1 Å². The number of rotatable bonds is 5. The van der Waals surface area contributed by atoms with Gasteiger partial charge in [0.25, 0.3) is 0 Å². The summed E-state index contributed by atoms with van der Waals surface area (Å²) in [6.45, 7) is 0.226. The number of aliphatic hydroxyl groups is 1. The number of nitrogens with one attached hydrogen (secondary N) is 1. The van der Waals surface area contributed by atoms with Gasteiger partial charge < -0.3 is 10.4 Å². The van der Waals surface area contributed by atoms with E-state index < -0.39 is 0 Å². The maximum atomic E-state index is 9.88. The van der Waals surface area contributed by atoms with Crippen molar-refractivity contribution in [2.24, 2.45) is 0 Å². The van der Waals surface area contributed by atoms with Gasteiger partial charge in [0.05, 0.1) is 11.6 Å². The largest absolute Gasteiger partial charge is 0.394 e. The first-order valence-electron chi connectivity index (χ1n) is 7.60. The highest BCUT2D eigenvalue weighted by Crippen LogP contribution is 2.42. The number of thioether (sulfide) groups is 1. The predicted octanol–water partition coefficient (Wildman–Crippen LogP) is 4.51. The van der Waals surface area contributed by atoms with Crippen molar-refractivity contribution in [3.05, 3.63) is 28.2 Å². The van der Waals surface area contributed by atoms with E-state index in [1.807, 2.05) is 18.2 Å². The van der Waals surface area contributed by atoms with Crippen LogP contribution in [0.1, 0.15) is 38.5 Å². The number of benzene rings is 1. The molecule has 2 fully saturated rings. The summed E-state index contributed by atoms with van der Waals surface area (Å²) in [5.74, 6) is 0. The zero-order chi connectivity index (χ0) is 14.9. The third-order valence-corrected chi connectivity index (χ3v) is 6.38. The molecule has 0 spiro atoms. The predicted molar refractivity (Wildman–Crippen MR) is 90.5 cm³/mol.